The number of anilines is 1. The molecule has 5 heterocycles. The van der Waals surface area contributed by atoms with Crippen molar-refractivity contribution >= 4 is 40.0 Å². The van der Waals surface area contributed by atoms with Gasteiger partial charge in [0.05, 0.1) is 41.2 Å². The number of benzene rings is 3. The molecule has 5 aliphatic heterocycles. The molecule has 0 saturated carbocycles. The predicted molar refractivity (Wildman–Crippen MR) is 270 cm³/mol. The fraction of sp³-hybridized carbons (Fsp3) is 0.527. The topological polar surface area (TPSA) is 238 Å². The molecule has 5 aliphatic rings. The van der Waals surface area contributed by atoms with Gasteiger partial charge in [-0.05, 0) is 37.8 Å². The number of hydrogen-bond acceptors (Lipinski definition) is 15. The summed E-state index contributed by atoms with van der Waals surface area (Å²) in [6, 6.07) is 9.58. The van der Waals surface area contributed by atoms with E-state index in [0.717, 1.165) is 12.1 Å². The smallest absolute Gasteiger partial charge is 0.315 e. The van der Waals surface area contributed by atoms with Crippen LogP contribution < -0.4 is 26.1 Å². The molecule has 6 N–H and O–H groups in total. The molecular weight excluding hydrogens is 923 g/mol. The van der Waals surface area contributed by atoms with Gasteiger partial charge in [0, 0.05) is 93.2 Å². The van der Waals surface area contributed by atoms with E-state index in [2.05, 4.69) is 34.4 Å². The van der Waals surface area contributed by atoms with Gasteiger partial charge in [0.15, 0.2) is 5.75 Å². The van der Waals surface area contributed by atoms with Gasteiger partial charge in [-0.25, -0.2) is 4.99 Å². The van der Waals surface area contributed by atoms with Gasteiger partial charge in [0.2, 0.25) is 5.91 Å². The van der Waals surface area contributed by atoms with Crippen LogP contribution in [-0.4, -0.2) is 118 Å². The molecule has 388 valence electrons. The number of allylic oxidation sites excluding steroid dienone is 2. The van der Waals surface area contributed by atoms with Crippen LogP contribution in [0.2, 0.25) is 0 Å². The molecule has 0 aromatic heterocycles. The van der Waals surface area contributed by atoms with Crippen molar-refractivity contribution in [3.8, 4) is 17.2 Å². The predicted octanol–water partition coefficient (Wildman–Crippen LogP) is 5.48. The van der Waals surface area contributed by atoms with Gasteiger partial charge >= 0.3 is 11.8 Å². The van der Waals surface area contributed by atoms with Crippen molar-refractivity contribution in [2.24, 2.45) is 39.6 Å². The number of Topliss-reactive ketones (excluding diaryl/α,β-unsaturated/α-hetero) is 1. The number of fused-ring (bicyclic) bond motifs is 13. The second kappa shape index (κ2) is 21.9. The number of ketones is 1. The van der Waals surface area contributed by atoms with Crippen LogP contribution in [0, 0.1) is 36.5 Å². The first-order chi connectivity index (χ1) is 34.1. The highest BCUT2D eigenvalue weighted by Gasteiger charge is 2.51. The van der Waals surface area contributed by atoms with E-state index in [0.29, 0.717) is 50.5 Å². The largest absolute Gasteiger partial charge is 0.507 e. The number of ether oxygens (including phenoxy) is 4. The van der Waals surface area contributed by atoms with Crippen LogP contribution in [-0.2, 0) is 35.0 Å². The normalized spacial score (nSPS) is 29.3. The highest BCUT2D eigenvalue weighted by molar-refractivity contribution is 6.21. The zero-order valence-electron chi connectivity index (χ0n) is 43.0. The van der Waals surface area contributed by atoms with E-state index in [1.807, 2.05) is 30.3 Å². The molecule has 0 aliphatic carbocycles. The van der Waals surface area contributed by atoms with Gasteiger partial charge in [-0.1, -0.05) is 90.1 Å². The first kappa shape index (κ1) is 53.7. The van der Waals surface area contributed by atoms with Crippen molar-refractivity contribution in [3.63, 3.8) is 0 Å². The second-order valence-corrected chi connectivity index (χ2v) is 20.6. The molecule has 17 nitrogen and oxygen atoms in total. The maximum Gasteiger partial charge on any atom is 0.315 e. The number of aliphatic hydroxyl groups is 2. The quantitative estimate of drug-likeness (QED) is 0.0885. The summed E-state index contributed by atoms with van der Waals surface area (Å²) < 4.78 is 24.5. The number of likely N-dealkylation sites (tertiary alicyclic amines) is 1. The molecule has 17 heteroatoms. The number of carbonyl (C=O) groups is 4. The summed E-state index contributed by atoms with van der Waals surface area (Å²) in [6.07, 6.45) is 4.31. The summed E-state index contributed by atoms with van der Waals surface area (Å²) in [4.78, 5) is 67.4. The molecular formula is C55H71N5O12. The fourth-order valence-corrected chi connectivity index (χ4v) is 10.4. The maximum atomic E-state index is 14.9. The molecule has 72 heavy (non-hydrogen) atoms. The lowest BCUT2D eigenvalue weighted by molar-refractivity contribution is -0.164. The first-order valence-corrected chi connectivity index (χ1v) is 25.0. The molecule has 0 unspecified atom stereocenters. The van der Waals surface area contributed by atoms with Crippen LogP contribution in [0.15, 0.2) is 76.5 Å². The van der Waals surface area contributed by atoms with Gasteiger partial charge in [-0.15, -0.1) is 0 Å². The molecule has 1 spiro atoms. The number of hydrogen-bond donors (Lipinski definition) is 6. The Bertz CT molecular complexity index is 2780. The number of aromatic hydroxyl groups is 2. The Hall–Kier alpha value is -6.14. The van der Waals surface area contributed by atoms with Crippen LogP contribution in [0.25, 0.3) is 10.8 Å². The van der Waals surface area contributed by atoms with Crippen LogP contribution in [0.4, 0.5) is 5.69 Å². The SMILES string of the molecule is CO[C@H]1/C=C/O[C@@]2(C)Oc3c(C)c(O)c4c(O)c(c5c(c4c3C2=O)NC2(CCN(CC(C)C)CC2)N=5)=NC(=O)/C(C)=C\C=C\[C@H](C)[C@H](O)[C@@H](C)[C@@H](O)[C@@H](C)[C@H](OC(=O)CC(=O)NCCc2ccccc2)[C@@H]1C. The summed E-state index contributed by atoms with van der Waals surface area (Å²) in [7, 11) is 1.43. The minimum Gasteiger partial charge on any atom is -0.507 e. The average Bonchev–Trinajstić information content (AvgIpc) is 3.85. The molecule has 3 aromatic carbocycles. The van der Waals surface area contributed by atoms with Crippen LogP contribution in [0.3, 0.4) is 0 Å². The van der Waals surface area contributed by atoms with E-state index < -0.39 is 101 Å². The number of rotatable bonds is 9. The number of piperidine rings is 1. The zero-order valence-corrected chi connectivity index (χ0v) is 43.0. The minimum absolute atomic E-state index is 0.0225. The number of phenols is 2. The molecule has 1 saturated heterocycles. The highest BCUT2D eigenvalue weighted by atomic mass is 16.7. The highest BCUT2D eigenvalue weighted by Crippen LogP contribution is 2.51. The Kier molecular flexibility index (Phi) is 16.3. The Morgan fingerprint density at radius 1 is 0.944 bits per heavy atom. The molecule has 3 aromatic rings. The van der Waals surface area contributed by atoms with Crippen molar-refractivity contribution in [1.29, 1.82) is 0 Å². The van der Waals surface area contributed by atoms with Crippen molar-refractivity contribution in [1.82, 2.24) is 10.2 Å². The molecule has 8 rings (SSSR count). The first-order valence-electron chi connectivity index (χ1n) is 25.0. The Morgan fingerprint density at radius 3 is 2.31 bits per heavy atom. The van der Waals surface area contributed by atoms with Gasteiger partial charge in [0.1, 0.15) is 40.4 Å². The summed E-state index contributed by atoms with van der Waals surface area (Å²) >= 11 is 0. The van der Waals surface area contributed by atoms with Crippen molar-refractivity contribution in [2.45, 2.75) is 124 Å². The minimum atomic E-state index is -2.02. The fourth-order valence-electron chi connectivity index (χ4n) is 10.4. The van der Waals surface area contributed by atoms with E-state index >= 15 is 0 Å². The third-order valence-corrected chi connectivity index (χ3v) is 14.8. The number of esters is 1. The zero-order chi connectivity index (χ0) is 52.4. The van der Waals surface area contributed by atoms with Crippen molar-refractivity contribution in [3.05, 3.63) is 93.9 Å². The standard InChI is InChI=1S/C55H71N5O12/c1-29(2)28-60-24-21-55(22-25-60)58-43-40-41-48(65)35(8)51-42(40)52(67)54(9,72-51)70-26-20-37(69-10)32(5)50(71-39(62)27-38(61)56-23-19-36-17-12-11-13-18-36)34(7)47(64)33(6)46(63)30(3)15-14-16-31(4)53(68)57-45(49(41)66)44(43)59-55/h11-18,20,26,29-30,32-34,37,46-47,50,58,63-66H,19,21-25,27-28H2,1-10H3,(H,56,61)/b15-14+,26-20+,31-16-,57-45?/t30-,32+,33+,34+,37-,46-,47+,50+,54-/m0/s1. The Balaban J connectivity index is 1.28. The number of amides is 2. The van der Waals surface area contributed by atoms with Crippen molar-refractivity contribution in [2.75, 3.05) is 38.6 Å². The second-order valence-electron chi connectivity index (χ2n) is 20.6. The summed E-state index contributed by atoms with van der Waals surface area (Å²) in [6.45, 7) is 18.3. The Morgan fingerprint density at radius 2 is 1.64 bits per heavy atom. The number of carbonyl (C=O) groups excluding carboxylic acids is 4. The molecule has 5 bridgehead atoms. The maximum absolute atomic E-state index is 14.9. The van der Waals surface area contributed by atoms with Gasteiger partial charge in [-0.2, -0.15) is 0 Å². The van der Waals surface area contributed by atoms with Gasteiger partial charge < -0.3 is 54.9 Å². The molecule has 1 fully saturated rings. The summed E-state index contributed by atoms with van der Waals surface area (Å²) in [5, 5.41) is 54.0. The molecule has 9 atom stereocenters. The lowest BCUT2D eigenvalue weighted by atomic mass is 9.78. The van der Waals surface area contributed by atoms with Crippen LogP contribution in [0.5, 0.6) is 17.2 Å². The van der Waals surface area contributed by atoms with E-state index in [1.54, 1.807) is 53.7 Å². The number of nitrogens with zero attached hydrogens (tertiary/aromatic N) is 3. The third kappa shape index (κ3) is 10.9. The number of methoxy groups -OCH3 is 1. The van der Waals surface area contributed by atoms with Crippen molar-refractivity contribution < 1.29 is 58.6 Å². The number of aliphatic hydroxyl groups excluding tert-OH is 2. The van der Waals surface area contributed by atoms with E-state index in [-0.39, 0.29) is 43.9 Å². The lowest BCUT2D eigenvalue weighted by Gasteiger charge is -2.38. The summed E-state index contributed by atoms with van der Waals surface area (Å²) in [5.74, 6) is -8.10. The average molecular weight is 994 g/mol. The lowest BCUT2D eigenvalue weighted by Crippen LogP contribution is -2.47. The van der Waals surface area contributed by atoms with Crippen LogP contribution >= 0.6 is 0 Å². The number of nitrogens with one attached hydrogen (secondary N) is 2. The van der Waals surface area contributed by atoms with Gasteiger partial charge in [-0.3, -0.25) is 24.2 Å². The molecule has 2 amide bonds. The number of phenolic OH excluding ortho intramolecular Hbond substituents is 2. The van der Waals surface area contributed by atoms with E-state index in [4.69, 9.17) is 23.9 Å². The third-order valence-electron chi connectivity index (χ3n) is 14.8. The monoisotopic (exact) mass is 994 g/mol. The molecule has 0 radical (unpaired) electrons. The van der Waals surface area contributed by atoms with Crippen LogP contribution in [0.1, 0.15) is 96.1 Å². The Labute approximate surface area is 420 Å². The van der Waals surface area contributed by atoms with E-state index in [9.17, 15) is 39.6 Å². The van der Waals surface area contributed by atoms with E-state index in [1.165, 1.54) is 32.4 Å². The van der Waals surface area contributed by atoms with Gasteiger partial charge in [0.25, 0.3) is 11.7 Å². The summed E-state index contributed by atoms with van der Waals surface area (Å²) in [5.41, 5.74) is 0.766.